The summed E-state index contributed by atoms with van der Waals surface area (Å²) in [5, 5.41) is 13.6. The van der Waals surface area contributed by atoms with E-state index in [0.29, 0.717) is 42.1 Å². The number of aromatic nitrogens is 1. The smallest absolute Gasteiger partial charge is 0.352 e. The first-order chi connectivity index (χ1) is 15.3. The first kappa shape index (κ1) is 22.0. The van der Waals surface area contributed by atoms with Crippen LogP contribution >= 0.6 is 0 Å². The van der Waals surface area contributed by atoms with Crippen LogP contribution in [0.25, 0.3) is 10.9 Å². The maximum Gasteiger partial charge on any atom is 0.352 e. The zero-order valence-electron chi connectivity index (χ0n) is 18.2. The molecule has 0 unspecified atom stereocenters. The normalized spacial score (nSPS) is 26.1. The van der Waals surface area contributed by atoms with Crippen LogP contribution in [0.2, 0.25) is 0 Å². The first-order valence-corrected chi connectivity index (χ1v) is 11.2. The SMILES string of the molecule is Cn1c(C(=O)O)c([C@]2(C(N)=O)CCCC[C@H]2C(=O)N[C@H]2CCCCC2=O)c2ccccc21. The zero-order valence-corrected chi connectivity index (χ0v) is 18.2. The van der Waals surface area contributed by atoms with E-state index < -0.39 is 35.2 Å². The number of nitrogens with one attached hydrogen (secondary N) is 1. The van der Waals surface area contributed by atoms with Crippen LogP contribution in [0.4, 0.5) is 0 Å². The number of benzene rings is 1. The van der Waals surface area contributed by atoms with Crippen LogP contribution in [0.15, 0.2) is 24.3 Å². The van der Waals surface area contributed by atoms with Gasteiger partial charge in [-0.25, -0.2) is 4.79 Å². The number of carbonyl (C=O) groups is 4. The summed E-state index contributed by atoms with van der Waals surface area (Å²) in [5.74, 6) is -3.11. The van der Waals surface area contributed by atoms with Crippen molar-refractivity contribution >= 4 is 34.5 Å². The van der Waals surface area contributed by atoms with Crippen molar-refractivity contribution in [1.29, 1.82) is 0 Å². The minimum absolute atomic E-state index is 0.00136. The molecule has 0 radical (unpaired) electrons. The minimum Gasteiger partial charge on any atom is -0.477 e. The molecule has 8 heteroatoms. The van der Waals surface area contributed by atoms with E-state index in [9.17, 15) is 24.3 Å². The third-order valence-electron chi connectivity index (χ3n) is 7.29. The molecule has 2 aliphatic carbocycles. The molecule has 1 heterocycles. The average Bonchev–Trinajstić information content (AvgIpc) is 3.08. The highest BCUT2D eigenvalue weighted by Gasteiger charge is 2.54. The third-order valence-corrected chi connectivity index (χ3v) is 7.29. The van der Waals surface area contributed by atoms with Gasteiger partial charge in [0.05, 0.1) is 17.4 Å². The van der Waals surface area contributed by atoms with Crippen LogP contribution in [0.5, 0.6) is 0 Å². The minimum atomic E-state index is -1.46. The van der Waals surface area contributed by atoms with Gasteiger partial charge in [0.1, 0.15) is 5.69 Å². The van der Waals surface area contributed by atoms with Gasteiger partial charge in [0, 0.05) is 29.9 Å². The lowest BCUT2D eigenvalue weighted by atomic mass is 9.60. The Morgan fingerprint density at radius 1 is 1.12 bits per heavy atom. The fourth-order valence-corrected chi connectivity index (χ4v) is 5.75. The van der Waals surface area contributed by atoms with Crippen LogP contribution in [0, 0.1) is 5.92 Å². The second kappa shape index (κ2) is 8.41. The van der Waals surface area contributed by atoms with Crippen molar-refractivity contribution in [2.24, 2.45) is 18.7 Å². The van der Waals surface area contributed by atoms with E-state index in [1.165, 1.54) is 0 Å². The monoisotopic (exact) mass is 439 g/mol. The topological polar surface area (TPSA) is 131 Å². The number of hydrogen-bond acceptors (Lipinski definition) is 4. The van der Waals surface area contributed by atoms with E-state index in [1.807, 2.05) is 0 Å². The molecular weight excluding hydrogens is 410 g/mol. The van der Waals surface area contributed by atoms with Crippen molar-refractivity contribution in [2.75, 3.05) is 0 Å². The predicted molar refractivity (Wildman–Crippen MR) is 118 cm³/mol. The maximum atomic E-state index is 13.5. The number of rotatable bonds is 5. The van der Waals surface area contributed by atoms with Gasteiger partial charge in [-0.05, 0) is 31.7 Å². The lowest BCUT2D eigenvalue weighted by Gasteiger charge is -2.42. The molecule has 0 spiro atoms. The molecule has 170 valence electrons. The number of ketones is 1. The number of aryl methyl sites for hydroxylation is 1. The summed E-state index contributed by atoms with van der Waals surface area (Å²) >= 11 is 0. The second-order valence-electron chi connectivity index (χ2n) is 9.01. The zero-order chi connectivity index (χ0) is 23.0. The Kier molecular flexibility index (Phi) is 5.79. The van der Waals surface area contributed by atoms with Gasteiger partial charge in [-0.1, -0.05) is 37.5 Å². The predicted octanol–water partition coefficient (Wildman–Crippen LogP) is 2.42. The van der Waals surface area contributed by atoms with E-state index in [4.69, 9.17) is 5.73 Å². The van der Waals surface area contributed by atoms with E-state index in [-0.39, 0.29) is 17.9 Å². The number of aromatic carboxylic acids is 1. The number of carboxylic acid groups (broad SMARTS) is 1. The summed E-state index contributed by atoms with van der Waals surface area (Å²) in [6, 6.07) is 6.59. The van der Waals surface area contributed by atoms with Crippen molar-refractivity contribution in [3.63, 3.8) is 0 Å². The molecule has 32 heavy (non-hydrogen) atoms. The van der Waals surface area contributed by atoms with Crippen LogP contribution in [0.1, 0.15) is 67.4 Å². The summed E-state index contributed by atoms with van der Waals surface area (Å²) in [4.78, 5) is 51.3. The molecule has 0 aliphatic heterocycles. The molecule has 2 fully saturated rings. The number of fused-ring (bicyclic) bond motifs is 1. The van der Waals surface area contributed by atoms with Crippen LogP contribution < -0.4 is 11.1 Å². The number of nitrogens with zero attached hydrogens (tertiary/aromatic N) is 1. The molecular formula is C24H29N3O5. The summed E-state index contributed by atoms with van der Waals surface area (Å²) in [7, 11) is 1.64. The Hall–Kier alpha value is -3.16. The van der Waals surface area contributed by atoms with Gasteiger partial charge in [0.2, 0.25) is 11.8 Å². The van der Waals surface area contributed by atoms with Crippen molar-refractivity contribution in [3.8, 4) is 0 Å². The first-order valence-electron chi connectivity index (χ1n) is 11.2. The molecule has 1 aromatic heterocycles. The summed E-state index contributed by atoms with van der Waals surface area (Å²) in [6.45, 7) is 0. The molecule has 4 N–H and O–H groups in total. The summed E-state index contributed by atoms with van der Waals surface area (Å²) < 4.78 is 1.55. The van der Waals surface area contributed by atoms with Gasteiger partial charge in [-0.15, -0.1) is 0 Å². The van der Waals surface area contributed by atoms with Gasteiger partial charge >= 0.3 is 5.97 Å². The Morgan fingerprint density at radius 3 is 2.53 bits per heavy atom. The molecule has 2 amide bonds. The van der Waals surface area contributed by atoms with Gasteiger partial charge in [-0.2, -0.15) is 0 Å². The Balaban J connectivity index is 1.88. The molecule has 8 nitrogen and oxygen atoms in total. The number of para-hydroxylation sites is 1. The number of carbonyl (C=O) groups excluding carboxylic acids is 3. The highest BCUT2D eigenvalue weighted by atomic mass is 16.4. The summed E-state index contributed by atoms with van der Waals surface area (Å²) in [6.07, 6.45) is 4.74. The largest absolute Gasteiger partial charge is 0.477 e. The number of amides is 2. The number of nitrogens with two attached hydrogens (primary N) is 1. The molecule has 1 aromatic carbocycles. The Bertz CT molecular complexity index is 1100. The number of carboxylic acids is 1. The molecule has 2 saturated carbocycles. The van der Waals surface area contributed by atoms with E-state index in [1.54, 1.807) is 35.9 Å². The fraction of sp³-hybridized carbons (Fsp3) is 0.500. The Morgan fingerprint density at radius 2 is 1.84 bits per heavy atom. The van der Waals surface area contributed by atoms with Crippen molar-refractivity contribution in [2.45, 2.75) is 62.8 Å². The highest BCUT2D eigenvalue weighted by Crippen LogP contribution is 2.48. The Labute approximate surface area is 186 Å². The number of primary amides is 1. The van der Waals surface area contributed by atoms with Gasteiger partial charge in [-0.3, -0.25) is 14.4 Å². The molecule has 2 aliphatic rings. The number of hydrogen-bond donors (Lipinski definition) is 3. The highest BCUT2D eigenvalue weighted by molar-refractivity contribution is 6.06. The van der Waals surface area contributed by atoms with Crippen LogP contribution in [-0.2, 0) is 26.8 Å². The number of Topliss-reactive ketones (excluding diaryl/α,β-unsaturated/α-hetero) is 1. The van der Waals surface area contributed by atoms with E-state index in [2.05, 4.69) is 5.32 Å². The maximum absolute atomic E-state index is 13.5. The van der Waals surface area contributed by atoms with Crippen molar-refractivity contribution < 1.29 is 24.3 Å². The fourth-order valence-electron chi connectivity index (χ4n) is 5.75. The standard InChI is InChI=1S/C24H29N3O5/c1-27-17-11-4-2-8-14(17)19(20(27)22(30)31)24(23(25)32)13-7-6-9-15(24)21(29)26-16-10-3-5-12-18(16)28/h2,4,8,11,15-16H,3,5-7,9-10,12-13H2,1H3,(H2,25,32)(H,26,29)(H,30,31)/t15-,16-,24-/m0/s1. The third kappa shape index (κ3) is 3.38. The molecule has 2 aromatic rings. The van der Waals surface area contributed by atoms with E-state index in [0.717, 1.165) is 19.3 Å². The van der Waals surface area contributed by atoms with Gasteiger partial charge in [0.15, 0.2) is 5.78 Å². The summed E-state index contributed by atoms with van der Waals surface area (Å²) in [5.41, 5.74) is 5.48. The quantitative estimate of drug-likeness (QED) is 0.658. The lowest BCUT2D eigenvalue weighted by Crippen LogP contribution is -2.56. The molecule has 0 saturated heterocycles. The van der Waals surface area contributed by atoms with E-state index >= 15 is 0 Å². The molecule has 0 bridgehead atoms. The molecule has 4 rings (SSSR count). The van der Waals surface area contributed by atoms with Gasteiger partial charge < -0.3 is 20.7 Å². The van der Waals surface area contributed by atoms with Crippen molar-refractivity contribution in [1.82, 2.24) is 9.88 Å². The van der Waals surface area contributed by atoms with Crippen LogP contribution in [0.3, 0.4) is 0 Å². The van der Waals surface area contributed by atoms with Gasteiger partial charge in [0.25, 0.3) is 0 Å². The van der Waals surface area contributed by atoms with Crippen LogP contribution in [-0.4, -0.2) is 39.3 Å². The van der Waals surface area contributed by atoms with Crippen molar-refractivity contribution in [3.05, 3.63) is 35.5 Å². The average molecular weight is 440 g/mol. The molecule has 3 atom stereocenters. The lowest BCUT2D eigenvalue weighted by molar-refractivity contribution is -0.139. The second-order valence-corrected chi connectivity index (χ2v) is 9.01.